The molecule has 0 saturated carbocycles. The number of aryl methyl sites for hydroxylation is 1. The first-order chi connectivity index (χ1) is 9.87. The van der Waals surface area contributed by atoms with Gasteiger partial charge in [0, 0.05) is 7.05 Å². The number of nitrogens with one attached hydrogen (secondary N) is 1. The third-order valence-electron chi connectivity index (χ3n) is 2.86. The van der Waals surface area contributed by atoms with Gasteiger partial charge >= 0.3 is 4.87 Å². The van der Waals surface area contributed by atoms with Crippen molar-refractivity contribution in [3.8, 4) is 0 Å². The number of aromatic nitrogens is 1. The van der Waals surface area contributed by atoms with Gasteiger partial charge in [-0.25, -0.2) is 8.42 Å². The van der Waals surface area contributed by atoms with Crippen LogP contribution in [0.5, 0.6) is 0 Å². The molecule has 0 unspecified atom stereocenters. The molecule has 2 aromatic heterocycles. The van der Waals surface area contributed by atoms with Gasteiger partial charge in [0.15, 0.2) is 0 Å². The zero-order valence-electron chi connectivity index (χ0n) is 10.7. The Morgan fingerprint density at radius 2 is 1.95 bits per heavy atom. The van der Waals surface area contributed by atoms with Crippen LogP contribution >= 0.6 is 38.6 Å². The van der Waals surface area contributed by atoms with E-state index in [0.717, 1.165) is 36.7 Å². The van der Waals surface area contributed by atoms with E-state index in [2.05, 4.69) is 20.7 Å². The number of hydrogen-bond donors (Lipinski definition) is 1. The Hall–Kier alpha value is -1.16. The summed E-state index contributed by atoms with van der Waals surface area (Å²) in [6.45, 7) is 0. The summed E-state index contributed by atoms with van der Waals surface area (Å²) in [5.74, 6) is 0. The van der Waals surface area contributed by atoms with E-state index in [-0.39, 0.29) is 9.08 Å². The number of hydrogen-bond acceptors (Lipinski definition) is 5. The van der Waals surface area contributed by atoms with Crippen molar-refractivity contribution in [3.63, 3.8) is 0 Å². The maximum absolute atomic E-state index is 12.2. The van der Waals surface area contributed by atoms with E-state index in [4.69, 9.17) is 0 Å². The van der Waals surface area contributed by atoms with Crippen LogP contribution in [0.2, 0.25) is 0 Å². The Bertz CT molecular complexity index is 985. The van der Waals surface area contributed by atoms with E-state index in [1.807, 2.05) is 0 Å². The summed E-state index contributed by atoms with van der Waals surface area (Å²) >= 11 is 5.47. The first kappa shape index (κ1) is 14.8. The number of thiazole rings is 1. The molecule has 2 heterocycles. The molecule has 9 heteroatoms. The van der Waals surface area contributed by atoms with Crippen molar-refractivity contribution in [2.75, 3.05) is 4.72 Å². The van der Waals surface area contributed by atoms with E-state index >= 15 is 0 Å². The lowest BCUT2D eigenvalue weighted by atomic mass is 10.3. The van der Waals surface area contributed by atoms with E-state index in [9.17, 15) is 13.2 Å². The van der Waals surface area contributed by atoms with Gasteiger partial charge in [0.2, 0.25) is 0 Å². The smallest absolute Gasteiger partial charge is 0.302 e. The molecule has 0 saturated heterocycles. The van der Waals surface area contributed by atoms with Crippen LogP contribution in [0.3, 0.4) is 0 Å². The van der Waals surface area contributed by atoms with E-state index in [0.29, 0.717) is 5.69 Å². The van der Waals surface area contributed by atoms with Crippen molar-refractivity contribution < 1.29 is 8.42 Å². The minimum absolute atomic E-state index is 0.0767. The molecular formula is C12H9BrN2O3S3. The van der Waals surface area contributed by atoms with Gasteiger partial charge in [0.05, 0.1) is 19.7 Å². The molecule has 0 aliphatic rings. The lowest BCUT2D eigenvalue weighted by molar-refractivity contribution is 0.603. The highest BCUT2D eigenvalue weighted by atomic mass is 79.9. The lowest BCUT2D eigenvalue weighted by Crippen LogP contribution is -2.11. The molecule has 0 aliphatic carbocycles. The Morgan fingerprint density at radius 3 is 2.62 bits per heavy atom. The summed E-state index contributed by atoms with van der Waals surface area (Å²) < 4.78 is 30.3. The average molecular weight is 405 g/mol. The van der Waals surface area contributed by atoms with E-state index in [1.165, 1.54) is 10.6 Å². The minimum Gasteiger partial charge on any atom is -0.302 e. The van der Waals surface area contributed by atoms with Crippen LogP contribution in [-0.2, 0) is 17.1 Å². The maximum Gasteiger partial charge on any atom is 0.307 e. The zero-order valence-corrected chi connectivity index (χ0v) is 14.7. The van der Waals surface area contributed by atoms with Crippen LogP contribution < -0.4 is 9.60 Å². The fourth-order valence-electron chi connectivity index (χ4n) is 1.84. The topological polar surface area (TPSA) is 68.2 Å². The number of halogens is 1. The fraction of sp³-hybridized carbons (Fsp3) is 0.0833. The molecule has 0 bridgehead atoms. The largest absolute Gasteiger partial charge is 0.307 e. The standard InChI is InChI=1S/C12H9BrN2O3S3/c1-15-8-3-2-7(6-9(8)19-12(15)16)14-21(17,18)11-5-4-10(13)20-11/h2-6,14H,1H3. The van der Waals surface area contributed by atoms with Gasteiger partial charge < -0.3 is 4.57 Å². The van der Waals surface area contributed by atoms with Crippen LogP contribution in [0.4, 0.5) is 5.69 Å². The van der Waals surface area contributed by atoms with Gasteiger partial charge in [-0.1, -0.05) is 11.3 Å². The van der Waals surface area contributed by atoms with Crippen molar-refractivity contribution >= 4 is 64.5 Å². The maximum atomic E-state index is 12.2. The summed E-state index contributed by atoms with van der Waals surface area (Å²) in [5.41, 5.74) is 1.22. The third-order valence-corrected chi connectivity index (χ3v) is 7.35. The van der Waals surface area contributed by atoms with Crippen molar-refractivity contribution in [2.45, 2.75) is 4.21 Å². The van der Waals surface area contributed by atoms with Gasteiger partial charge in [-0.2, -0.15) is 0 Å². The Balaban J connectivity index is 2.00. The second-order valence-corrected chi connectivity index (χ2v) is 9.64. The SMILES string of the molecule is Cn1c(=O)sc2cc(NS(=O)(=O)c3ccc(Br)s3)ccc21. The van der Waals surface area contributed by atoms with Crippen molar-refractivity contribution in [3.05, 3.63) is 43.8 Å². The zero-order chi connectivity index (χ0) is 15.2. The molecule has 3 rings (SSSR count). The molecule has 0 fully saturated rings. The summed E-state index contributed by atoms with van der Waals surface area (Å²) in [4.78, 5) is 11.5. The first-order valence-corrected chi connectivity index (χ1v) is 9.65. The van der Waals surface area contributed by atoms with Gasteiger partial charge in [-0.05, 0) is 46.3 Å². The number of rotatable bonds is 3. The number of benzene rings is 1. The number of fused-ring (bicyclic) bond motifs is 1. The minimum atomic E-state index is -3.61. The average Bonchev–Trinajstić information content (AvgIpc) is 2.95. The summed E-state index contributed by atoms with van der Waals surface area (Å²) in [5, 5.41) is 0. The van der Waals surface area contributed by atoms with E-state index in [1.54, 1.807) is 31.3 Å². The molecule has 1 N–H and O–H groups in total. The van der Waals surface area contributed by atoms with Gasteiger partial charge in [0.25, 0.3) is 10.0 Å². The van der Waals surface area contributed by atoms with Crippen LogP contribution in [0, 0.1) is 0 Å². The molecule has 0 aliphatic heterocycles. The summed E-state index contributed by atoms with van der Waals surface area (Å²) in [6.07, 6.45) is 0. The van der Waals surface area contributed by atoms with Crippen LogP contribution in [0.25, 0.3) is 10.2 Å². The Morgan fingerprint density at radius 1 is 1.19 bits per heavy atom. The molecule has 0 spiro atoms. The second kappa shape index (κ2) is 5.24. The van der Waals surface area contributed by atoms with Crippen molar-refractivity contribution in [1.29, 1.82) is 0 Å². The van der Waals surface area contributed by atoms with Crippen LogP contribution in [0.15, 0.2) is 43.1 Å². The van der Waals surface area contributed by atoms with Gasteiger partial charge in [-0.3, -0.25) is 9.52 Å². The Labute approximate surface area is 137 Å². The van der Waals surface area contributed by atoms with Gasteiger partial charge in [-0.15, -0.1) is 11.3 Å². The molecule has 110 valence electrons. The quantitative estimate of drug-likeness (QED) is 0.728. The highest BCUT2D eigenvalue weighted by Gasteiger charge is 2.17. The van der Waals surface area contributed by atoms with Crippen LogP contribution in [0.1, 0.15) is 0 Å². The molecule has 5 nitrogen and oxygen atoms in total. The lowest BCUT2D eigenvalue weighted by Gasteiger charge is -2.06. The molecule has 3 aromatic rings. The highest BCUT2D eigenvalue weighted by molar-refractivity contribution is 9.11. The number of nitrogens with zero attached hydrogens (tertiary/aromatic N) is 1. The monoisotopic (exact) mass is 404 g/mol. The molecule has 0 amide bonds. The van der Waals surface area contributed by atoms with E-state index < -0.39 is 10.0 Å². The van der Waals surface area contributed by atoms with Crippen molar-refractivity contribution in [2.24, 2.45) is 7.05 Å². The summed E-state index contributed by atoms with van der Waals surface area (Å²) in [7, 11) is -1.92. The second-order valence-electron chi connectivity index (χ2n) is 4.27. The Kier molecular flexibility index (Phi) is 3.68. The number of sulfonamides is 1. The first-order valence-electron chi connectivity index (χ1n) is 5.74. The van der Waals surface area contributed by atoms with Crippen LogP contribution in [-0.4, -0.2) is 13.0 Å². The third kappa shape index (κ3) is 2.78. The van der Waals surface area contributed by atoms with Gasteiger partial charge in [0.1, 0.15) is 4.21 Å². The molecule has 0 atom stereocenters. The van der Waals surface area contributed by atoms with Crippen molar-refractivity contribution in [1.82, 2.24) is 4.57 Å². The fourth-order valence-corrected chi connectivity index (χ4v) is 5.82. The summed E-state index contributed by atoms with van der Waals surface area (Å²) in [6, 6.07) is 8.27. The number of thiophene rings is 1. The molecule has 21 heavy (non-hydrogen) atoms. The molecule has 1 aromatic carbocycles. The molecule has 0 radical (unpaired) electrons. The predicted octanol–water partition coefficient (Wildman–Crippen LogP) is 3.22. The molecular weight excluding hydrogens is 396 g/mol. The highest BCUT2D eigenvalue weighted by Crippen LogP contribution is 2.28. The predicted molar refractivity (Wildman–Crippen MR) is 89.9 cm³/mol. The normalized spacial score (nSPS) is 11.9. The number of anilines is 1.